The Bertz CT molecular complexity index is 912. The Morgan fingerprint density at radius 3 is 2.36 bits per heavy atom. The largest absolute Gasteiger partial charge is 0.478 e. The van der Waals surface area contributed by atoms with E-state index in [0.29, 0.717) is 17.5 Å². The first kappa shape index (κ1) is 21.9. The van der Waals surface area contributed by atoms with Crippen LogP contribution in [0.3, 0.4) is 0 Å². The third-order valence-electron chi connectivity index (χ3n) is 4.44. The lowest BCUT2D eigenvalue weighted by molar-refractivity contribution is 0.0698. The van der Waals surface area contributed by atoms with Crippen molar-refractivity contribution in [1.82, 2.24) is 0 Å². The van der Waals surface area contributed by atoms with Crippen molar-refractivity contribution in [2.45, 2.75) is 45.4 Å². The molecule has 2 aromatic rings. The summed E-state index contributed by atoms with van der Waals surface area (Å²) in [4.78, 5) is 11.5. The van der Waals surface area contributed by atoms with Crippen LogP contribution in [0.1, 0.15) is 55.8 Å². The van der Waals surface area contributed by atoms with Crippen LogP contribution >= 0.6 is 0 Å². The molecule has 0 aliphatic heterocycles. The summed E-state index contributed by atoms with van der Waals surface area (Å²) in [6.45, 7) is 2.12. The number of hydrogen-bond acceptors (Lipinski definition) is 3. The predicted octanol–water partition coefficient (Wildman–Crippen LogP) is 5.29. The van der Waals surface area contributed by atoms with Gasteiger partial charge in [-0.1, -0.05) is 57.2 Å². The molecule has 0 amide bonds. The van der Waals surface area contributed by atoms with Crippen molar-refractivity contribution in [2.75, 3.05) is 10.5 Å². The highest BCUT2D eigenvalue weighted by atomic mass is 32.2. The van der Waals surface area contributed by atoms with Gasteiger partial charge in [0, 0.05) is 0 Å². The molecule has 0 aliphatic rings. The molecule has 0 fully saturated rings. The average molecular weight is 408 g/mol. The Balaban J connectivity index is 2.15. The van der Waals surface area contributed by atoms with Gasteiger partial charge in [-0.05, 0) is 41.8 Å². The maximum atomic E-state index is 13.5. The van der Waals surface area contributed by atoms with Crippen LogP contribution in [0.5, 0.6) is 0 Å². The fourth-order valence-corrected chi connectivity index (χ4v) is 4.14. The van der Waals surface area contributed by atoms with Gasteiger partial charge in [0.25, 0.3) is 0 Å². The number of halogens is 1. The van der Waals surface area contributed by atoms with Gasteiger partial charge in [-0.25, -0.2) is 17.6 Å². The fourth-order valence-electron chi connectivity index (χ4n) is 2.95. The number of rotatable bonds is 11. The molecule has 28 heavy (non-hydrogen) atoms. The smallest absolute Gasteiger partial charge is 0.337 e. The molecule has 2 N–H and O–H groups in total. The van der Waals surface area contributed by atoms with Gasteiger partial charge in [0.15, 0.2) is 0 Å². The van der Waals surface area contributed by atoms with Crippen molar-refractivity contribution >= 4 is 21.7 Å². The average Bonchev–Trinajstić information content (AvgIpc) is 2.64. The van der Waals surface area contributed by atoms with E-state index in [2.05, 4.69) is 11.6 Å². The molecule has 152 valence electrons. The quantitative estimate of drug-likeness (QED) is 0.496. The van der Waals surface area contributed by atoms with E-state index >= 15 is 0 Å². The molecule has 0 aromatic heterocycles. The molecule has 7 heteroatoms. The summed E-state index contributed by atoms with van der Waals surface area (Å²) < 4.78 is 40.7. The number of carboxylic acids is 1. The first-order chi connectivity index (χ1) is 13.3. The Hall–Kier alpha value is -2.41. The second kappa shape index (κ2) is 10.2. The maximum Gasteiger partial charge on any atom is 0.337 e. The first-order valence-corrected chi connectivity index (χ1v) is 11.1. The van der Waals surface area contributed by atoms with E-state index in [1.54, 1.807) is 6.07 Å². The molecule has 0 bridgehead atoms. The van der Waals surface area contributed by atoms with Crippen molar-refractivity contribution in [3.8, 4) is 11.1 Å². The minimum Gasteiger partial charge on any atom is -0.478 e. The van der Waals surface area contributed by atoms with Crippen LogP contribution < -0.4 is 4.72 Å². The molecule has 0 atom stereocenters. The number of aromatic carboxylic acids is 1. The van der Waals surface area contributed by atoms with Gasteiger partial charge in [-0.3, -0.25) is 4.72 Å². The molecule has 0 aliphatic carbocycles. The number of anilines is 1. The monoisotopic (exact) mass is 407 g/mol. The summed E-state index contributed by atoms with van der Waals surface area (Å²) in [5, 5.41) is 9.37. The molecule has 0 heterocycles. The summed E-state index contributed by atoms with van der Waals surface area (Å²) in [5.74, 6) is -1.73. The highest BCUT2D eigenvalue weighted by Crippen LogP contribution is 2.27. The highest BCUT2D eigenvalue weighted by molar-refractivity contribution is 7.92. The summed E-state index contributed by atoms with van der Waals surface area (Å²) in [5.41, 5.74) is 0.905. The zero-order valence-corrected chi connectivity index (χ0v) is 16.8. The summed E-state index contributed by atoms with van der Waals surface area (Å²) in [6, 6.07) is 10.1. The summed E-state index contributed by atoms with van der Waals surface area (Å²) in [6.07, 6.45) is 5.67. The Kier molecular flexibility index (Phi) is 7.99. The van der Waals surface area contributed by atoms with E-state index in [4.69, 9.17) is 0 Å². The summed E-state index contributed by atoms with van der Waals surface area (Å²) >= 11 is 0. The molecule has 0 unspecified atom stereocenters. The van der Waals surface area contributed by atoms with Crippen molar-refractivity contribution in [3.63, 3.8) is 0 Å². The molecule has 0 radical (unpaired) electrons. The van der Waals surface area contributed by atoms with Crippen molar-refractivity contribution in [1.29, 1.82) is 0 Å². The number of sulfonamides is 1. The third kappa shape index (κ3) is 6.64. The van der Waals surface area contributed by atoms with Gasteiger partial charge in [0.2, 0.25) is 10.0 Å². The standard InChI is InChI=1S/C21H26FNO4S/c1-2-3-4-5-6-7-13-28(26,27)23-20-15-17(11-12-19(20)21(24)25)16-9-8-10-18(22)14-16/h8-12,14-15,23H,2-7,13H2,1H3,(H,24,25). The van der Waals surface area contributed by atoms with Gasteiger partial charge in [0.1, 0.15) is 5.82 Å². The highest BCUT2D eigenvalue weighted by Gasteiger charge is 2.17. The Morgan fingerprint density at radius 1 is 1.00 bits per heavy atom. The van der Waals surface area contributed by atoms with Crippen LogP contribution in [-0.4, -0.2) is 25.2 Å². The normalized spacial score (nSPS) is 11.4. The van der Waals surface area contributed by atoms with Crippen LogP contribution in [0.15, 0.2) is 42.5 Å². The summed E-state index contributed by atoms with van der Waals surface area (Å²) in [7, 11) is -3.68. The zero-order valence-electron chi connectivity index (χ0n) is 15.9. The Morgan fingerprint density at radius 2 is 1.68 bits per heavy atom. The van der Waals surface area contributed by atoms with Crippen molar-refractivity contribution < 1.29 is 22.7 Å². The van der Waals surface area contributed by atoms with E-state index < -0.39 is 21.8 Å². The molecule has 0 saturated heterocycles. The molecular formula is C21H26FNO4S. The second-order valence-electron chi connectivity index (χ2n) is 6.76. The molecular weight excluding hydrogens is 381 g/mol. The number of nitrogens with one attached hydrogen (secondary N) is 1. The van der Waals surface area contributed by atoms with Crippen LogP contribution in [0, 0.1) is 5.82 Å². The number of carbonyl (C=O) groups is 1. The molecule has 0 saturated carbocycles. The zero-order chi connectivity index (χ0) is 20.6. The van der Waals surface area contributed by atoms with E-state index in [1.165, 1.54) is 36.4 Å². The van der Waals surface area contributed by atoms with Crippen molar-refractivity contribution in [2.24, 2.45) is 0 Å². The van der Waals surface area contributed by atoms with Gasteiger partial charge in [0.05, 0.1) is 17.0 Å². The molecule has 2 aromatic carbocycles. The van der Waals surface area contributed by atoms with Crippen LogP contribution in [0.2, 0.25) is 0 Å². The number of benzene rings is 2. The van der Waals surface area contributed by atoms with Gasteiger partial charge in [-0.2, -0.15) is 0 Å². The predicted molar refractivity (Wildman–Crippen MR) is 110 cm³/mol. The van der Waals surface area contributed by atoms with Crippen LogP contribution in [-0.2, 0) is 10.0 Å². The van der Waals surface area contributed by atoms with Crippen molar-refractivity contribution in [3.05, 3.63) is 53.8 Å². The maximum absolute atomic E-state index is 13.5. The minimum absolute atomic E-state index is 0.0137. The molecule has 2 rings (SSSR count). The van der Waals surface area contributed by atoms with Gasteiger partial charge >= 0.3 is 5.97 Å². The number of hydrogen-bond donors (Lipinski definition) is 2. The van der Waals surface area contributed by atoms with E-state index in [-0.39, 0.29) is 17.0 Å². The van der Waals surface area contributed by atoms with E-state index in [0.717, 1.165) is 32.1 Å². The molecule has 5 nitrogen and oxygen atoms in total. The van der Waals surface area contributed by atoms with E-state index in [9.17, 15) is 22.7 Å². The third-order valence-corrected chi connectivity index (χ3v) is 5.80. The minimum atomic E-state index is -3.68. The SMILES string of the molecule is CCCCCCCCS(=O)(=O)Nc1cc(-c2cccc(F)c2)ccc1C(=O)O. The van der Waals surface area contributed by atoms with Gasteiger partial charge < -0.3 is 5.11 Å². The second-order valence-corrected chi connectivity index (χ2v) is 8.61. The number of carboxylic acid groups (broad SMARTS) is 1. The lowest BCUT2D eigenvalue weighted by atomic mass is 10.0. The number of unbranched alkanes of at least 4 members (excludes halogenated alkanes) is 5. The lowest BCUT2D eigenvalue weighted by Crippen LogP contribution is -2.18. The topological polar surface area (TPSA) is 83.5 Å². The Labute approximate surface area is 165 Å². The van der Waals surface area contributed by atoms with E-state index in [1.807, 2.05) is 0 Å². The first-order valence-electron chi connectivity index (χ1n) is 9.46. The fraction of sp³-hybridized carbons (Fsp3) is 0.381. The van der Waals surface area contributed by atoms with Gasteiger partial charge in [-0.15, -0.1) is 0 Å². The molecule has 0 spiro atoms. The van der Waals surface area contributed by atoms with Crippen LogP contribution in [0.25, 0.3) is 11.1 Å². The van der Waals surface area contributed by atoms with Crippen LogP contribution in [0.4, 0.5) is 10.1 Å². The lowest BCUT2D eigenvalue weighted by Gasteiger charge is -2.13.